The van der Waals surface area contributed by atoms with Crippen LogP contribution in [0, 0.1) is 0 Å². The van der Waals surface area contributed by atoms with Gasteiger partial charge in [-0.15, -0.1) is 5.11 Å². The number of nitrogens with zero attached hydrogens (tertiary/aromatic N) is 4. The van der Waals surface area contributed by atoms with Crippen LogP contribution in [0.1, 0.15) is 21.5 Å². The highest BCUT2D eigenvalue weighted by Crippen LogP contribution is 2.20. The number of carboxylic acids is 1. The van der Waals surface area contributed by atoms with Gasteiger partial charge < -0.3 is 15.5 Å². The molecule has 1 heterocycles. The molecule has 7 heteroatoms. The van der Waals surface area contributed by atoms with Crippen LogP contribution in [0.25, 0.3) is 10.9 Å². The molecule has 0 bridgehead atoms. The van der Waals surface area contributed by atoms with Gasteiger partial charge in [-0.2, -0.15) is 10.2 Å². The first kappa shape index (κ1) is 16.4. The molecule has 0 aliphatic carbocycles. The first-order valence-electron chi connectivity index (χ1n) is 7.61. The second-order valence-electron chi connectivity index (χ2n) is 5.47. The Morgan fingerprint density at radius 1 is 1.12 bits per heavy atom. The molecule has 25 heavy (non-hydrogen) atoms. The van der Waals surface area contributed by atoms with Crippen molar-refractivity contribution in [1.82, 2.24) is 4.57 Å². The number of fused-ring (bicyclic) bond motifs is 1. The summed E-state index contributed by atoms with van der Waals surface area (Å²) in [5, 5.41) is 21.3. The van der Waals surface area contributed by atoms with Gasteiger partial charge in [0.25, 0.3) is 0 Å². The van der Waals surface area contributed by atoms with E-state index in [2.05, 4.69) is 19.9 Å². The summed E-state index contributed by atoms with van der Waals surface area (Å²) in [5.74, 6) is 4.82. The lowest BCUT2D eigenvalue weighted by Crippen LogP contribution is -2.02. The molecule has 3 aromatic rings. The fraction of sp³-hybridized carbons (Fsp3) is 0.111. The second kappa shape index (κ2) is 6.96. The third-order valence-electron chi connectivity index (χ3n) is 3.90. The topological polar surface area (TPSA) is 105 Å². The van der Waals surface area contributed by atoms with Gasteiger partial charge in [0.1, 0.15) is 0 Å². The lowest BCUT2D eigenvalue weighted by atomic mass is 10.1. The van der Waals surface area contributed by atoms with Crippen molar-refractivity contribution in [3.05, 3.63) is 71.4 Å². The molecule has 0 fully saturated rings. The quantitative estimate of drug-likeness (QED) is 0.251. The summed E-state index contributed by atoms with van der Waals surface area (Å²) < 4.78 is 2.09. The highest BCUT2D eigenvalue weighted by atomic mass is 16.4. The van der Waals surface area contributed by atoms with Gasteiger partial charge in [0.2, 0.25) is 0 Å². The van der Waals surface area contributed by atoms with Crippen molar-refractivity contribution in [3.63, 3.8) is 0 Å². The maximum atomic E-state index is 10.9. The Bertz CT molecular complexity index is 971. The minimum absolute atomic E-state index is 0.282. The zero-order valence-electron chi connectivity index (χ0n) is 13.6. The molecule has 0 amide bonds. The van der Waals surface area contributed by atoms with E-state index in [1.807, 2.05) is 42.6 Å². The van der Waals surface area contributed by atoms with Crippen LogP contribution < -0.4 is 5.84 Å². The second-order valence-corrected chi connectivity index (χ2v) is 5.47. The van der Waals surface area contributed by atoms with E-state index in [9.17, 15) is 4.79 Å². The maximum Gasteiger partial charge on any atom is 0.335 e. The molecule has 1 aromatic heterocycles. The number of aromatic carboxylic acids is 1. The first-order chi connectivity index (χ1) is 12.1. The van der Waals surface area contributed by atoms with Crippen molar-refractivity contribution < 1.29 is 9.90 Å². The van der Waals surface area contributed by atoms with Gasteiger partial charge in [-0.1, -0.05) is 12.1 Å². The molecule has 2 aromatic carbocycles. The van der Waals surface area contributed by atoms with Crippen LogP contribution in [0.3, 0.4) is 0 Å². The van der Waals surface area contributed by atoms with Crippen molar-refractivity contribution in [3.8, 4) is 0 Å². The van der Waals surface area contributed by atoms with Crippen LogP contribution in [0.15, 0.2) is 70.1 Å². The molecule has 0 unspecified atom stereocenters. The number of hydrogen-bond donors (Lipinski definition) is 2. The maximum absolute atomic E-state index is 10.9. The zero-order valence-corrected chi connectivity index (χ0v) is 13.6. The van der Waals surface area contributed by atoms with Crippen molar-refractivity contribution in [2.45, 2.75) is 6.54 Å². The number of azo groups is 1. The molecule has 0 atom stereocenters. The molecule has 126 valence electrons. The Kier molecular flexibility index (Phi) is 4.56. The summed E-state index contributed by atoms with van der Waals surface area (Å²) in [4.78, 5) is 10.9. The number of nitrogens with two attached hydrogens (primary N) is 1. The molecule has 0 aliphatic rings. The van der Waals surface area contributed by atoms with Gasteiger partial charge in [-0.05, 0) is 42.0 Å². The van der Waals surface area contributed by atoms with Gasteiger partial charge in [-0.3, -0.25) is 0 Å². The van der Waals surface area contributed by atoms with Crippen LogP contribution in [-0.2, 0) is 6.54 Å². The Labute approximate surface area is 144 Å². The largest absolute Gasteiger partial charge is 0.478 e. The highest BCUT2D eigenvalue weighted by molar-refractivity contribution is 6.01. The minimum Gasteiger partial charge on any atom is -0.478 e. The van der Waals surface area contributed by atoms with Crippen molar-refractivity contribution in [2.75, 3.05) is 7.05 Å². The summed E-state index contributed by atoms with van der Waals surface area (Å²) >= 11 is 0. The average Bonchev–Trinajstić information content (AvgIpc) is 3.02. The van der Waals surface area contributed by atoms with Gasteiger partial charge in [0, 0.05) is 36.3 Å². The molecule has 0 saturated heterocycles. The van der Waals surface area contributed by atoms with Crippen molar-refractivity contribution in [2.24, 2.45) is 21.2 Å². The number of aromatic nitrogens is 1. The van der Waals surface area contributed by atoms with E-state index in [-0.39, 0.29) is 5.56 Å². The van der Waals surface area contributed by atoms with Crippen LogP contribution in [0.2, 0.25) is 0 Å². The van der Waals surface area contributed by atoms with Gasteiger partial charge >= 0.3 is 5.97 Å². The number of hydrogen-bond acceptors (Lipinski definition) is 4. The minimum atomic E-state index is -0.924. The third-order valence-corrected chi connectivity index (χ3v) is 3.90. The molecule has 0 aliphatic heterocycles. The number of carboxylic acid groups (broad SMARTS) is 1. The molecular weight excluding hydrogens is 318 g/mol. The van der Waals surface area contributed by atoms with E-state index in [1.165, 1.54) is 0 Å². The SMILES string of the molecule is CN=N/C(=N\N)c1ccc2c(ccn2Cc2ccc(C(=O)O)cc2)c1. The molecule has 0 spiro atoms. The van der Waals surface area contributed by atoms with E-state index in [0.29, 0.717) is 12.4 Å². The zero-order chi connectivity index (χ0) is 17.8. The Morgan fingerprint density at radius 2 is 1.84 bits per heavy atom. The lowest BCUT2D eigenvalue weighted by molar-refractivity contribution is 0.0697. The van der Waals surface area contributed by atoms with E-state index >= 15 is 0 Å². The number of hydrazone groups is 1. The van der Waals surface area contributed by atoms with E-state index < -0.39 is 5.97 Å². The number of benzene rings is 2. The highest BCUT2D eigenvalue weighted by Gasteiger charge is 2.08. The van der Waals surface area contributed by atoms with Gasteiger partial charge in [-0.25, -0.2) is 4.79 Å². The standard InChI is InChI=1S/C18H17N5O2/c1-20-22-17(21-19)15-6-7-16-14(10-15)8-9-23(16)11-12-2-4-13(5-3-12)18(24)25/h2-10H,11,19H2,1H3,(H,24,25)/b21-17-,22-20?. The van der Waals surface area contributed by atoms with Crippen molar-refractivity contribution >= 4 is 22.7 Å². The summed E-state index contributed by atoms with van der Waals surface area (Å²) in [6.45, 7) is 0.648. The van der Waals surface area contributed by atoms with Crippen LogP contribution >= 0.6 is 0 Å². The third kappa shape index (κ3) is 3.40. The van der Waals surface area contributed by atoms with E-state index in [0.717, 1.165) is 22.0 Å². The number of rotatable bonds is 4. The molecule has 7 nitrogen and oxygen atoms in total. The van der Waals surface area contributed by atoms with Gasteiger partial charge in [0.15, 0.2) is 5.84 Å². The lowest BCUT2D eigenvalue weighted by Gasteiger charge is -2.07. The Morgan fingerprint density at radius 3 is 2.48 bits per heavy atom. The summed E-state index contributed by atoms with van der Waals surface area (Å²) in [5.41, 5.74) is 3.15. The van der Waals surface area contributed by atoms with Gasteiger partial charge in [0.05, 0.1) is 5.56 Å². The normalized spacial score (nSPS) is 12.1. The predicted octanol–water partition coefficient (Wildman–Crippen LogP) is 3.09. The first-order valence-corrected chi connectivity index (χ1v) is 7.61. The van der Waals surface area contributed by atoms with E-state index in [4.69, 9.17) is 10.9 Å². The predicted molar refractivity (Wildman–Crippen MR) is 95.9 cm³/mol. The fourth-order valence-corrected chi connectivity index (χ4v) is 2.68. The van der Waals surface area contributed by atoms with E-state index in [1.54, 1.807) is 19.2 Å². The molecule has 0 radical (unpaired) electrons. The smallest absolute Gasteiger partial charge is 0.335 e. The Hall–Kier alpha value is -3.48. The molecular formula is C18H17N5O2. The monoisotopic (exact) mass is 335 g/mol. The van der Waals surface area contributed by atoms with Crippen LogP contribution in [0.5, 0.6) is 0 Å². The van der Waals surface area contributed by atoms with Crippen molar-refractivity contribution in [1.29, 1.82) is 0 Å². The molecule has 3 rings (SSSR count). The number of amidine groups is 1. The van der Waals surface area contributed by atoms with Crippen LogP contribution in [0.4, 0.5) is 0 Å². The number of carbonyl (C=O) groups is 1. The average molecular weight is 335 g/mol. The molecule has 3 N–H and O–H groups in total. The summed E-state index contributed by atoms with van der Waals surface area (Å²) in [6, 6.07) is 14.7. The fourth-order valence-electron chi connectivity index (χ4n) is 2.68. The molecule has 0 saturated carbocycles. The summed E-state index contributed by atoms with van der Waals surface area (Å²) in [7, 11) is 1.57. The Balaban J connectivity index is 1.89. The summed E-state index contributed by atoms with van der Waals surface area (Å²) in [6.07, 6.45) is 1.99. The van der Waals surface area contributed by atoms with Crippen LogP contribution in [-0.4, -0.2) is 28.5 Å².